The molecule has 16 heteroatoms. The van der Waals surface area contributed by atoms with Gasteiger partial charge < -0.3 is 40.7 Å². The highest BCUT2D eigenvalue weighted by Gasteiger charge is 2.46. The predicted octanol–water partition coefficient (Wildman–Crippen LogP) is 1.12. The molecule has 16 nitrogen and oxygen atoms in total. The second-order valence-electron chi connectivity index (χ2n) is 14.6. The molecule has 1 aliphatic heterocycles. The van der Waals surface area contributed by atoms with Crippen molar-refractivity contribution in [2.45, 2.75) is 136 Å². The van der Waals surface area contributed by atoms with Gasteiger partial charge in [-0.15, -0.1) is 0 Å². The fourth-order valence-electron chi connectivity index (χ4n) is 5.67. The standard InChI is InChI=1S/C33H57N5O11/c1-19(2)11-23(36-27(41)13-21(5)39)29(43)47-18-48-30(44)24(12-20(3)4)37-28(42)14-26(40)35-17-25(34-10)31(45)49-22-15-32(6,7)38(46)33(8,9)16-22/h19-20,22-25,34,46H,11-18H2,1-10H3,(H,35,40)(H,36,41)(H,37,42). The molecular formula is C33H57N5O11. The number of amides is 3. The van der Waals surface area contributed by atoms with Crippen LogP contribution in [0.5, 0.6) is 0 Å². The monoisotopic (exact) mass is 699 g/mol. The number of likely N-dealkylation sites (N-methyl/N-ethyl adjacent to an activating group) is 1. The second kappa shape index (κ2) is 19.5. The van der Waals surface area contributed by atoms with Crippen molar-refractivity contribution in [3.05, 3.63) is 0 Å². The van der Waals surface area contributed by atoms with Crippen molar-refractivity contribution < 1.29 is 53.0 Å². The number of carbonyl (C=O) groups is 7. The number of hydroxylamine groups is 2. The van der Waals surface area contributed by atoms with Gasteiger partial charge in [-0.25, -0.2) is 9.59 Å². The molecular weight excluding hydrogens is 642 g/mol. The zero-order chi connectivity index (χ0) is 37.7. The highest BCUT2D eigenvalue weighted by atomic mass is 16.7. The highest BCUT2D eigenvalue weighted by molar-refractivity contribution is 5.99. The first-order valence-corrected chi connectivity index (χ1v) is 16.6. The average Bonchev–Trinajstić information content (AvgIpc) is 2.94. The molecule has 1 rings (SSSR count). The third-order valence-electron chi connectivity index (χ3n) is 7.81. The molecule has 3 amide bonds. The van der Waals surface area contributed by atoms with Crippen molar-refractivity contribution in [1.29, 1.82) is 0 Å². The van der Waals surface area contributed by atoms with E-state index in [2.05, 4.69) is 21.3 Å². The van der Waals surface area contributed by atoms with E-state index in [4.69, 9.17) is 14.2 Å². The SMILES string of the molecule is CNC(CNC(=O)CC(=O)NC(CC(C)C)C(=O)OCOC(=O)C(CC(C)C)NC(=O)CC(C)=O)C(=O)OC1CC(C)(C)N(O)C(C)(C)C1. The Morgan fingerprint density at radius 2 is 1.18 bits per heavy atom. The summed E-state index contributed by atoms with van der Waals surface area (Å²) in [5.74, 6) is -4.89. The minimum absolute atomic E-state index is 0.00492. The van der Waals surface area contributed by atoms with E-state index < -0.39 is 90.6 Å². The minimum atomic E-state index is -1.15. The summed E-state index contributed by atoms with van der Waals surface area (Å²) >= 11 is 0. The highest BCUT2D eigenvalue weighted by Crippen LogP contribution is 2.38. The van der Waals surface area contributed by atoms with Crippen LogP contribution in [0.15, 0.2) is 0 Å². The first-order chi connectivity index (χ1) is 22.6. The van der Waals surface area contributed by atoms with Crippen LogP contribution in [0.2, 0.25) is 0 Å². The van der Waals surface area contributed by atoms with E-state index in [-0.39, 0.29) is 37.0 Å². The van der Waals surface area contributed by atoms with Crippen LogP contribution in [0, 0.1) is 11.8 Å². The molecule has 1 heterocycles. The Bertz CT molecular complexity index is 1170. The largest absolute Gasteiger partial charge is 0.461 e. The summed E-state index contributed by atoms with van der Waals surface area (Å²) in [6, 6.07) is -3.11. The van der Waals surface area contributed by atoms with Gasteiger partial charge in [-0.3, -0.25) is 24.0 Å². The van der Waals surface area contributed by atoms with Crippen molar-refractivity contribution in [2.75, 3.05) is 20.4 Å². The molecule has 1 fully saturated rings. The predicted molar refractivity (Wildman–Crippen MR) is 176 cm³/mol. The van der Waals surface area contributed by atoms with E-state index in [9.17, 15) is 38.8 Å². The van der Waals surface area contributed by atoms with Crippen LogP contribution in [0.25, 0.3) is 0 Å². The lowest BCUT2D eigenvalue weighted by Gasteiger charge is -2.51. The van der Waals surface area contributed by atoms with Gasteiger partial charge in [-0.1, -0.05) is 27.7 Å². The van der Waals surface area contributed by atoms with Gasteiger partial charge in [0, 0.05) is 30.5 Å². The maximum atomic E-state index is 12.9. The van der Waals surface area contributed by atoms with Crippen molar-refractivity contribution in [1.82, 2.24) is 26.3 Å². The van der Waals surface area contributed by atoms with Gasteiger partial charge in [-0.2, -0.15) is 5.06 Å². The summed E-state index contributed by atoms with van der Waals surface area (Å²) in [6.07, 6.45) is -0.297. The number of hydrogen-bond acceptors (Lipinski definition) is 13. The first-order valence-electron chi connectivity index (χ1n) is 16.6. The number of Topliss-reactive ketones (excluding diaryl/α,β-unsaturated/α-hetero) is 1. The number of nitrogens with zero attached hydrogens (tertiary/aromatic N) is 1. The number of ether oxygens (including phenoxy) is 3. The minimum Gasteiger partial charge on any atom is -0.461 e. The fraction of sp³-hybridized carbons (Fsp3) is 0.788. The Labute approximate surface area is 289 Å². The first kappa shape index (κ1) is 43.4. The second-order valence-corrected chi connectivity index (χ2v) is 14.6. The Balaban J connectivity index is 2.68. The van der Waals surface area contributed by atoms with E-state index in [1.165, 1.54) is 19.0 Å². The third kappa shape index (κ3) is 15.6. The summed E-state index contributed by atoms with van der Waals surface area (Å²) in [6.45, 7) is 15.0. The Morgan fingerprint density at radius 1 is 0.735 bits per heavy atom. The molecule has 0 radical (unpaired) electrons. The fourth-order valence-corrected chi connectivity index (χ4v) is 5.67. The summed E-state index contributed by atoms with van der Waals surface area (Å²) in [4.78, 5) is 86.8. The molecule has 280 valence electrons. The molecule has 0 saturated carbocycles. The zero-order valence-electron chi connectivity index (χ0n) is 30.6. The quantitative estimate of drug-likeness (QED) is 0.0726. The number of esters is 3. The van der Waals surface area contributed by atoms with Crippen molar-refractivity contribution in [3.63, 3.8) is 0 Å². The van der Waals surface area contributed by atoms with Gasteiger partial charge in [0.2, 0.25) is 24.5 Å². The number of piperidine rings is 1. The molecule has 49 heavy (non-hydrogen) atoms. The zero-order valence-corrected chi connectivity index (χ0v) is 30.6. The summed E-state index contributed by atoms with van der Waals surface area (Å²) in [7, 11) is 1.53. The molecule has 0 aromatic heterocycles. The lowest BCUT2D eigenvalue weighted by molar-refractivity contribution is -0.259. The molecule has 0 aliphatic carbocycles. The molecule has 3 atom stereocenters. The molecule has 1 aliphatic rings. The van der Waals surface area contributed by atoms with E-state index in [1.807, 2.05) is 55.4 Å². The molecule has 0 spiro atoms. The van der Waals surface area contributed by atoms with Crippen LogP contribution in [0.1, 0.15) is 101 Å². The van der Waals surface area contributed by atoms with E-state index in [1.54, 1.807) is 0 Å². The van der Waals surface area contributed by atoms with Gasteiger partial charge in [0.15, 0.2) is 0 Å². The summed E-state index contributed by atoms with van der Waals surface area (Å²) < 4.78 is 15.8. The van der Waals surface area contributed by atoms with Crippen LogP contribution in [-0.2, 0) is 47.8 Å². The van der Waals surface area contributed by atoms with E-state index in [0.29, 0.717) is 12.8 Å². The topological polar surface area (TPSA) is 219 Å². The average molecular weight is 700 g/mol. The van der Waals surface area contributed by atoms with Crippen LogP contribution >= 0.6 is 0 Å². The van der Waals surface area contributed by atoms with Crippen molar-refractivity contribution in [2.24, 2.45) is 11.8 Å². The van der Waals surface area contributed by atoms with Gasteiger partial charge in [-0.05, 0) is 66.3 Å². The number of ketones is 1. The molecule has 0 bridgehead atoms. The van der Waals surface area contributed by atoms with Gasteiger partial charge in [0.25, 0.3) is 0 Å². The normalized spacial score (nSPS) is 17.7. The van der Waals surface area contributed by atoms with E-state index >= 15 is 0 Å². The third-order valence-corrected chi connectivity index (χ3v) is 7.81. The van der Waals surface area contributed by atoms with E-state index in [0.717, 1.165) is 0 Å². The van der Waals surface area contributed by atoms with Gasteiger partial charge >= 0.3 is 17.9 Å². The molecule has 5 N–H and O–H groups in total. The van der Waals surface area contributed by atoms with Crippen molar-refractivity contribution >= 4 is 41.4 Å². The number of hydrogen-bond donors (Lipinski definition) is 5. The lowest BCUT2D eigenvalue weighted by atomic mass is 9.80. The Morgan fingerprint density at radius 3 is 1.59 bits per heavy atom. The van der Waals surface area contributed by atoms with Crippen LogP contribution in [-0.4, -0.2) is 107 Å². The van der Waals surface area contributed by atoms with Gasteiger partial charge in [0.05, 0.1) is 6.42 Å². The number of rotatable bonds is 19. The van der Waals surface area contributed by atoms with Gasteiger partial charge in [0.1, 0.15) is 36.4 Å². The summed E-state index contributed by atoms with van der Waals surface area (Å²) in [5.41, 5.74) is -1.25. The summed E-state index contributed by atoms with van der Waals surface area (Å²) in [5, 5.41) is 22.0. The van der Waals surface area contributed by atoms with Crippen LogP contribution in [0.3, 0.4) is 0 Å². The van der Waals surface area contributed by atoms with Crippen LogP contribution in [0.4, 0.5) is 0 Å². The molecule has 3 unspecified atom stereocenters. The molecule has 1 saturated heterocycles. The number of nitrogens with one attached hydrogen (secondary N) is 4. The Kier molecular flexibility index (Phi) is 17.3. The smallest absolute Gasteiger partial charge is 0.331 e. The van der Waals surface area contributed by atoms with Crippen molar-refractivity contribution in [3.8, 4) is 0 Å². The Hall–Kier alpha value is -3.63. The number of carbonyl (C=O) groups excluding carboxylic acids is 7. The molecule has 0 aromatic carbocycles. The maximum Gasteiger partial charge on any atom is 0.331 e. The lowest BCUT2D eigenvalue weighted by Crippen LogP contribution is -2.61. The molecule has 0 aromatic rings. The van der Waals surface area contributed by atoms with Crippen LogP contribution < -0.4 is 21.3 Å². The maximum absolute atomic E-state index is 12.9.